The first-order valence-electron chi connectivity index (χ1n) is 14.8. The number of aromatic amines is 2. The van der Waals surface area contributed by atoms with Gasteiger partial charge in [0.05, 0.1) is 12.4 Å². The van der Waals surface area contributed by atoms with Gasteiger partial charge in [-0.15, -0.1) is 0 Å². The highest BCUT2D eigenvalue weighted by atomic mass is 16.4. The molecule has 3 amide bonds. The number of guanidine groups is 1. The number of carbonyl (C=O) groups is 4. The van der Waals surface area contributed by atoms with Crippen molar-refractivity contribution >= 4 is 40.6 Å². The van der Waals surface area contributed by atoms with E-state index in [1.165, 1.54) is 6.33 Å². The third-order valence-corrected chi connectivity index (χ3v) is 7.20. The van der Waals surface area contributed by atoms with E-state index < -0.39 is 47.9 Å². The van der Waals surface area contributed by atoms with Crippen LogP contribution in [-0.2, 0) is 32.0 Å². The third kappa shape index (κ3) is 10.9. The van der Waals surface area contributed by atoms with E-state index in [1.54, 1.807) is 12.4 Å². The van der Waals surface area contributed by atoms with Crippen LogP contribution in [0, 0.1) is 0 Å². The Labute approximate surface area is 260 Å². The Morgan fingerprint density at radius 3 is 2.27 bits per heavy atom. The SMILES string of the molecule is NCCCCC(NC(=O)C(CCCN=C(N)N)NC(=O)C(Cc1c[nH]c2ccccc12)NC(=O)C(N)Cc1cnc[nH]1)C(=O)O. The van der Waals surface area contributed by atoms with Crippen LogP contribution in [-0.4, -0.2) is 87.0 Å². The molecule has 4 unspecified atom stereocenters. The number of aliphatic carboxylic acids is 1. The summed E-state index contributed by atoms with van der Waals surface area (Å²) in [4.78, 5) is 66.1. The number of H-pyrrole nitrogens is 2. The number of rotatable bonds is 19. The quantitative estimate of drug-likeness (QED) is 0.0428. The van der Waals surface area contributed by atoms with Gasteiger partial charge in [-0.3, -0.25) is 19.4 Å². The van der Waals surface area contributed by atoms with Gasteiger partial charge >= 0.3 is 5.97 Å². The minimum absolute atomic E-state index is 0.0809. The molecule has 16 heteroatoms. The minimum Gasteiger partial charge on any atom is -0.480 e. The fourth-order valence-electron chi connectivity index (χ4n) is 4.80. The Hall–Kier alpha value is -4.96. The molecule has 0 radical (unpaired) electrons. The number of fused-ring (bicyclic) bond motifs is 1. The van der Waals surface area contributed by atoms with E-state index in [-0.39, 0.29) is 38.2 Å². The monoisotopic (exact) mass is 625 g/mol. The maximum Gasteiger partial charge on any atom is 0.326 e. The number of aromatic nitrogens is 3. The van der Waals surface area contributed by atoms with Crippen molar-refractivity contribution in [2.24, 2.45) is 27.9 Å². The zero-order valence-electron chi connectivity index (χ0n) is 25.0. The van der Waals surface area contributed by atoms with Crippen LogP contribution in [0.4, 0.5) is 0 Å². The van der Waals surface area contributed by atoms with Crippen LogP contribution in [0.25, 0.3) is 10.9 Å². The van der Waals surface area contributed by atoms with Crippen molar-refractivity contribution in [3.8, 4) is 0 Å². The van der Waals surface area contributed by atoms with Crippen molar-refractivity contribution in [3.63, 3.8) is 0 Å². The molecule has 0 fully saturated rings. The van der Waals surface area contributed by atoms with Gasteiger partial charge in [0, 0.05) is 48.4 Å². The standard InChI is InChI=1S/C29H43N11O5/c30-10-4-3-8-23(28(44)45)39-26(42)22(9-5-11-35-29(32)33)38-27(43)24(12-17-14-36-21-7-2-1-6-19(17)21)40-25(41)20(31)13-18-15-34-16-37-18/h1-2,6-7,14-16,20,22-24,36H,3-5,8-13,30-31H2,(H,34,37)(H,38,43)(H,39,42)(H,40,41)(H,44,45)(H4,32,33,35). The van der Waals surface area contributed by atoms with E-state index >= 15 is 0 Å². The lowest BCUT2D eigenvalue weighted by Gasteiger charge is -2.25. The topological polar surface area (TPSA) is 286 Å². The molecule has 2 heterocycles. The van der Waals surface area contributed by atoms with Gasteiger partial charge in [0.1, 0.15) is 18.1 Å². The molecule has 244 valence electrons. The average molecular weight is 626 g/mol. The predicted octanol–water partition coefficient (Wildman–Crippen LogP) is -1.27. The molecule has 0 spiro atoms. The van der Waals surface area contributed by atoms with Crippen LogP contribution in [0.1, 0.15) is 43.4 Å². The molecule has 4 atom stereocenters. The van der Waals surface area contributed by atoms with E-state index in [0.717, 1.165) is 16.5 Å². The number of nitrogens with one attached hydrogen (secondary N) is 5. The summed E-state index contributed by atoms with van der Waals surface area (Å²) >= 11 is 0. The van der Waals surface area contributed by atoms with Crippen molar-refractivity contribution in [1.29, 1.82) is 0 Å². The number of benzene rings is 1. The molecule has 16 nitrogen and oxygen atoms in total. The largest absolute Gasteiger partial charge is 0.480 e. The summed E-state index contributed by atoms with van der Waals surface area (Å²) in [5.74, 6) is -3.26. The molecule has 14 N–H and O–H groups in total. The van der Waals surface area contributed by atoms with E-state index in [4.69, 9.17) is 22.9 Å². The smallest absolute Gasteiger partial charge is 0.326 e. The Bertz CT molecular complexity index is 1440. The molecule has 3 aromatic rings. The van der Waals surface area contributed by atoms with Crippen LogP contribution in [0.3, 0.4) is 0 Å². The lowest BCUT2D eigenvalue weighted by molar-refractivity contribution is -0.142. The van der Waals surface area contributed by atoms with Gasteiger partial charge in [-0.05, 0) is 50.3 Å². The van der Waals surface area contributed by atoms with E-state index in [9.17, 15) is 24.3 Å². The number of hydrogen-bond donors (Lipinski definition) is 10. The molecule has 45 heavy (non-hydrogen) atoms. The fraction of sp³-hybridized carbons (Fsp3) is 0.448. The van der Waals surface area contributed by atoms with Crippen LogP contribution in [0.2, 0.25) is 0 Å². The maximum atomic E-state index is 13.8. The Balaban J connectivity index is 1.82. The summed E-state index contributed by atoms with van der Waals surface area (Å²) in [5, 5.41) is 18.5. The van der Waals surface area contributed by atoms with E-state index in [0.29, 0.717) is 31.5 Å². The van der Waals surface area contributed by atoms with Crippen molar-refractivity contribution in [2.75, 3.05) is 13.1 Å². The first kappa shape index (κ1) is 34.5. The Kier molecular flexibility index (Phi) is 13.3. The molecule has 2 aromatic heterocycles. The second-order valence-electron chi connectivity index (χ2n) is 10.7. The molecular weight excluding hydrogens is 582 g/mol. The molecule has 1 aromatic carbocycles. The van der Waals surface area contributed by atoms with Crippen molar-refractivity contribution in [2.45, 2.75) is 69.1 Å². The first-order chi connectivity index (χ1) is 21.6. The number of hydrogen-bond acceptors (Lipinski definition) is 8. The summed E-state index contributed by atoms with van der Waals surface area (Å²) in [6, 6.07) is 3.05. The number of amides is 3. The van der Waals surface area contributed by atoms with Crippen LogP contribution >= 0.6 is 0 Å². The molecular formula is C29H43N11O5. The summed E-state index contributed by atoms with van der Waals surface area (Å²) in [6.07, 6.45) is 6.66. The van der Waals surface area contributed by atoms with Gasteiger partial charge in [-0.25, -0.2) is 9.78 Å². The van der Waals surface area contributed by atoms with Crippen molar-refractivity contribution < 1.29 is 24.3 Å². The highest BCUT2D eigenvalue weighted by Gasteiger charge is 2.31. The van der Waals surface area contributed by atoms with Crippen LogP contribution in [0.15, 0.2) is 48.0 Å². The zero-order chi connectivity index (χ0) is 32.8. The van der Waals surface area contributed by atoms with Gasteiger partial charge in [0.15, 0.2) is 5.96 Å². The fourth-order valence-corrected chi connectivity index (χ4v) is 4.80. The number of carbonyl (C=O) groups excluding carboxylic acids is 3. The number of carboxylic acids is 1. The number of aliphatic imine (C=N–C) groups is 1. The number of para-hydroxylation sites is 1. The summed E-state index contributed by atoms with van der Waals surface area (Å²) in [7, 11) is 0. The predicted molar refractivity (Wildman–Crippen MR) is 169 cm³/mol. The second-order valence-corrected chi connectivity index (χ2v) is 10.7. The molecule has 0 saturated carbocycles. The Morgan fingerprint density at radius 2 is 1.58 bits per heavy atom. The molecule has 0 aliphatic carbocycles. The first-order valence-corrected chi connectivity index (χ1v) is 14.8. The van der Waals surface area contributed by atoms with Crippen molar-refractivity contribution in [1.82, 2.24) is 30.9 Å². The third-order valence-electron chi connectivity index (χ3n) is 7.20. The van der Waals surface area contributed by atoms with Crippen LogP contribution in [0.5, 0.6) is 0 Å². The lowest BCUT2D eigenvalue weighted by atomic mass is 10.0. The number of nitrogens with two attached hydrogens (primary N) is 4. The average Bonchev–Trinajstić information content (AvgIpc) is 3.67. The molecule has 0 saturated heterocycles. The highest BCUT2D eigenvalue weighted by molar-refractivity contribution is 5.95. The summed E-state index contributed by atoms with van der Waals surface area (Å²) in [6.45, 7) is 0.567. The van der Waals surface area contributed by atoms with Gasteiger partial charge < -0.3 is 54.0 Å². The van der Waals surface area contributed by atoms with Gasteiger partial charge in [0.2, 0.25) is 17.7 Å². The zero-order valence-corrected chi connectivity index (χ0v) is 25.0. The van der Waals surface area contributed by atoms with Crippen LogP contribution < -0.4 is 38.9 Å². The normalized spacial score (nSPS) is 13.7. The number of carboxylic acid groups (broad SMARTS) is 1. The summed E-state index contributed by atoms with van der Waals surface area (Å²) in [5.41, 5.74) is 24.7. The van der Waals surface area contributed by atoms with Gasteiger partial charge in [-0.2, -0.15) is 0 Å². The lowest BCUT2D eigenvalue weighted by Crippen LogP contribution is -2.57. The molecule has 0 bridgehead atoms. The Morgan fingerprint density at radius 1 is 0.889 bits per heavy atom. The molecule has 0 aliphatic rings. The van der Waals surface area contributed by atoms with Gasteiger partial charge in [-0.1, -0.05) is 18.2 Å². The van der Waals surface area contributed by atoms with Gasteiger partial charge in [0.25, 0.3) is 0 Å². The van der Waals surface area contributed by atoms with E-state index in [1.807, 2.05) is 24.3 Å². The number of nitrogens with zero attached hydrogens (tertiary/aromatic N) is 2. The number of imidazole rings is 1. The highest BCUT2D eigenvalue weighted by Crippen LogP contribution is 2.19. The minimum atomic E-state index is -1.21. The molecule has 3 rings (SSSR count). The maximum absolute atomic E-state index is 13.8. The van der Waals surface area contributed by atoms with Crippen molar-refractivity contribution in [3.05, 3.63) is 54.2 Å². The van der Waals surface area contributed by atoms with E-state index in [2.05, 4.69) is 35.9 Å². The molecule has 0 aliphatic heterocycles. The second kappa shape index (κ2) is 17.4. The summed E-state index contributed by atoms with van der Waals surface area (Å²) < 4.78 is 0. The number of unbranched alkanes of at least 4 members (excludes halogenated alkanes) is 1.